The zero-order chi connectivity index (χ0) is 9.42. The quantitative estimate of drug-likeness (QED) is 0.456. The number of nitrogens with zero attached hydrogens (tertiary/aromatic N) is 2. The van der Waals surface area contributed by atoms with E-state index in [0.717, 1.165) is 9.50 Å². The molecule has 0 spiro atoms. The summed E-state index contributed by atoms with van der Waals surface area (Å²) in [6.07, 6.45) is 3.49. The molecule has 0 N–H and O–H groups in total. The number of hydrogen-bond donors (Lipinski definition) is 0. The summed E-state index contributed by atoms with van der Waals surface area (Å²) in [7, 11) is 0. The number of thioether (sulfide) groups is 1. The molecule has 0 unspecified atom stereocenters. The first-order chi connectivity index (χ1) is 6.22. The summed E-state index contributed by atoms with van der Waals surface area (Å²) in [5.74, 6) is 0. The summed E-state index contributed by atoms with van der Waals surface area (Å²) in [5.41, 5.74) is 1.38. The third-order valence-corrected chi connectivity index (χ3v) is 2.90. The van der Waals surface area contributed by atoms with Gasteiger partial charge in [0, 0.05) is 0 Å². The van der Waals surface area contributed by atoms with Crippen LogP contribution in [0.2, 0.25) is 5.28 Å². The summed E-state index contributed by atoms with van der Waals surface area (Å²) < 4.78 is 6.07. The Labute approximate surface area is 92.0 Å². The Morgan fingerprint density at radius 1 is 1.54 bits per heavy atom. The Morgan fingerprint density at radius 2 is 2.31 bits per heavy atom. The SMILES string of the molecule is CSc1nc(Cl)nc2c(Br)coc12. The van der Waals surface area contributed by atoms with Gasteiger partial charge in [0.1, 0.15) is 16.8 Å². The van der Waals surface area contributed by atoms with E-state index in [9.17, 15) is 0 Å². The predicted octanol–water partition coefficient (Wildman–Crippen LogP) is 3.36. The number of aromatic nitrogens is 2. The van der Waals surface area contributed by atoms with Crippen LogP contribution in [0.15, 0.2) is 20.2 Å². The minimum absolute atomic E-state index is 0.235. The third kappa shape index (κ3) is 1.56. The number of halogens is 2. The lowest BCUT2D eigenvalue weighted by molar-refractivity contribution is 0.602. The molecule has 13 heavy (non-hydrogen) atoms. The van der Waals surface area contributed by atoms with Crippen molar-refractivity contribution in [3.05, 3.63) is 16.0 Å². The first-order valence-electron chi connectivity index (χ1n) is 3.36. The number of hydrogen-bond acceptors (Lipinski definition) is 4. The van der Waals surface area contributed by atoms with Crippen molar-refractivity contribution >= 4 is 50.4 Å². The van der Waals surface area contributed by atoms with Gasteiger partial charge in [-0.2, -0.15) is 0 Å². The van der Waals surface area contributed by atoms with E-state index >= 15 is 0 Å². The Hall–Kier alpha value is -0.260. The fourth-order valence-corrected chi connectivity index (χ4v) is 2.07. The molecule has 3 nitrogen and oxygen atoms in total. The van der Waals surface area contributed by atoms with Crippen molar-refractivity contribution in [2.24, 2.45) is 0 Å². The van der Waals surface area contributed by atoms with Crippen LogP contribution in [0.1, 0.15) is 0 Å². The molecular formula is C7H4BrClN2OS. The van der Waals surface area contributed by atoms with Crippen molar-refractivity contribution in [1.29, 1.82) is 0 Å². The van der Waals surface area contributed by atoms with Crippen LogP contribution in [0.3, 0.4) is 0 Å². The maximum absolute atomic E-state index is 5.73. The lowest BCUT2D eigenvalue weighted by Crippen LogP contribution is -1.85. The second-order valence-electron chi connectivity index (χ2n) is 2.26. The minimum atomic E-state index is 0.235. The largest absolute Gasteiger partial charge is 0.459 e. The Bertz CT molecular complexity index is 459. The standard InChI is InChI=1S/C7H4BrClN2OS/c1-13-6-5-4(3(8)2-12-5)10-7(9)11-6/h2H,1H3. The summed E-state index contributed by atoms with van der Waals surface area (Å²) in [5, 5.41) is 0.986. The maximum Gasteiger partial charge on any atom is 0.224 e. The zero-order valence-electron chi connectivity index (χ0n) is 6.54. The van der Waals surface area contributed by atoms with Gasteiger partial charge in [-0.3, -0.25) is 0 Å². The van der Waals surface area contributed by atoms with Gasteiger partial charge in [-0.15, -0.1) is 11.8 Å². The van der Waals surface area contributed by atoms with Gasteiger partial charge in [0.05, 0.1) is 4.47 Å². The molecule has 0 radical (unpaired) electrons. The molecule has 0 fully saturated rings. The van der Waals surface area contributed by atoms with Crippen LogP contribution in [0.25, 0.3) is 11.1 Å². The minimum Gasteiger partial charge on any atom is -0.459 e. The molecule has 0 saturated heterocycles. The van der Waals surface area contributed by atoms with Gasteiger partial charge in [0.25, 0.3) is 0 Å². The van der Waals surface area contributed by atoms with Crippen molar-refractivity contribution in [2.75, 3.05) is 6.26 Å². The Morgan fingerprint density at radius 3 is 3.00 bits per heavy atom. The number of furan rings is 1. The van der Waals surface area contributed by atoms with E-state index in [-0.39, 0.29) is 5.28 Å². The first kappa shape index (κ1) is 9.30. The lowest BCUT2D eigenvalue weighted by Gasteiger charge is -1.96. The molecule has 2 aromatic rings. The average molecular weight is 280 g/mol. The number of fused-ring (bicyclic) bond motifs is 1. The van der Waals surface area contributed by atoms with E-state index in [4.69, 9.17) is 16.0 Å². The maximum atomic E-state index is 5.73. The van der Waals surface area contributed by atoms with Crippen LogP contribution in [-0.2, 0) is 0 Å². The summed E-state index contributed by atoms with van der Waals surface area (Å²) in [6.45, 7) is 0. The van der Waals surface area contributed by atoms with E-state index in [1.165, 1.54) is 11.8 Å². The van der Waals surface area contributed by atoms with Crippen molar-refractivity contribution in [1.82, 2.24) is 9.97 Å². The van der Waals surface area contributed by atoms with Crippen molar-refractivity contribution < 1.29 is 4.42 Å². The molecule has 0 atom stereocenters. The van der Waals surface area contributed by atoms with Gasteiger partial charge < -0.3 is 4.42 Å². The van der Waals surface area contributed by atoms with Gasteiger partial charge in [0.15, 0.2) is 5.58 Å². The molecule has 0 aliphatic heterocycles. The van der Waals surface area contributed by atoms with Crippen LogP contribution in [0, 0.1) is 0 Å². The molecule has 0 saturated carbocycles. The topological polar surface area (TPSA) is 38.9 Å². The zero-order valence-corrected chi connectivity index (χ0v) is 9.70. The van der Waals surface area contributed by atoms with E-state index < -0.39 is 0 Å². The Kier molecular flexibility index (Phi) is 2.49. The summed E-state index contributed by atoms with van der Waals surface area (Å²) in [4.78, 5) is 8.08. The lowest BCUT2D eigenvalue weighted by atomic mass is 10.5. The average Bonchev–Trinajstić information content (AvgIpc) is 2.47. The predicted molar refractivity (Wildman–Crippen MR) is 56.3 cm³/mol. The van der Waals surface area contributed by atoms with E-state index in [1.807, 2.05) is 6.26 Å². The highest BCUT2D eigenvalue weighted by Crippen LogP contribution is 2.30. The van der Waals surface area contributed by atoms with Gasteiger partial charge >= 0.3 is 0 Å². The summed E-state index contributed by atoms with van der Waals surface area (Å²) in [6, 6.07) is 0. The van der Waals surface area contributed by atoms with Crippen molar-refractivity contribution in [3.8, 4) is 0 Å². The third-order valence-electron chi connectivity index (χ3n) is 1.51. The van der Waals surface area contributed by atoms with Gasteiger partial charge in [-0.25, -0.2) is 9.97 Å². The normalized spacial score (nSPS) is 11.0. The molecule has 6 heteroatoms. The van der Waals surface area contributed by atoms with Crippen LogP contribution in [-0.4, -0.2) is 16.2 Å². The first-order valence-corrected chi connectivity index (χ1v) is 5.76. The van der Waals surface area contributed by atoms with E-state index in [1.54, 1.807) is 6.26 Å². The van der Waals surface area contributed by atoms with Gasteiger partial charge in [-0.05, 0) is 33.8 Å². The highest BCUT2D eigenvalue weighted by molar-refractivity contribution is 9.10. The fourth-order valence-electron chi connectivity index (χ4n) is 0.977. The van der Waals surface area contributed by atoms with Gasteiger partial charge in [0.2, 0.25) is 5.28 Å². The molecule has 0 aromatic carbocycles. The molecule has 2 aromatic heterocycles. The van der Waals surface area contributed by atoms with Crippen LogP contribution in [0.4, 0.5) is 0 Å². The molecule has 0 aliphatic rings. The molecule has 2 rings (SSSR count). The number of rotatable bonds is 1. The highest BCUT2D eigenvalue weighted by atomic mass is 79.9. The summed E-state index contributed by atoms with van der Waals surface area (Å²) >= 11 is 10.5. The molecule has 0 amide bonds. The van der Waals surface area contributed by atoms with E-state index in [0.29, 0.717) is 11.1 Å². The van der Waals surface area contributed by atoms with Crippen LogP contribution >= 0.6 is 39.3 Å². The Balaban J connectivity index is 2.84. The second-order valence-corrected chi connectivity index (χ2v) is 4.25. The van der Waals surface area contributed by atoms with Crippen molar-refractivity contribution in [2.45, 2.75) is 5.03 Å². The smallest absolute Gasteiger partial charge is 0.224 e. The van der Waals surface area contributed by atoms with Crippen LogP contribution < -0.4 is 0 Å². The van der Waals surface area contributed by atoms with Gasteiger partial charge in [-0.1, -0.05) is 0 Å². The highest BCUT2D eigenvalue weighted by Gasteiger charge is 2.12. The monoisotopic (exact) mass is 278 g/mol. The molecule has 0 aliphatic carbocycles. The molecule has 0 bridgehead atoms. The molecular weight excluding hydrogens is 276 g/mol. The van der Waals surface area contributed by atoms with Crippen LogP contribution in [0.5, 0.6) is 0 Å². The second kappa shape index (κ2) is 3.48. The fraction of sp³-hybridized carbons (Fsp3) is 0.143. The molecule has 68 valence electrons. The van der Waals surface area contributed by atoms with E-state index in [2.05, 4.69) is 25.9 Å². The molecule has 2 heterocycles. The van der Waals surface area contributed by atoms with Crippen molar-refractivity contribution in [3.63, 3.8) is 0 Å².